The van der Waals surface area contributed by atoms with E-state index in [9.17, 15) is 0 Å². The van der Waals surface area contributed by atoms with Crippen LogP contribution in [0, 0.1) is 5.92 Å². The Kier molecular flexibility index (Phi) is 4.36. The lowest BCUT2D eigenvalue weighted by molar-refractivity contribution is 0.483. The molecule has 3 rings (SSSR count). The van der Waals surface area contributed by atoms with Gasteiger partial charge in [0.25, 0.3) is 0 Å². The molecule has 0 atom stereocenters. The van der Waals surface area contributed by atoms with Crippen molar-refractivity contribution in [3.8, 4) is 11.3 Å². The maximum absolute atomic E-state index is 3.99. The van der Waals surface area contributed by atoms with Crippen LogP contribution in [0.25, 0.3) is 11.3 Å². The van der Waals surface area contributed by atoms with E-state index in [-0.39, 0.29) is 0 Å². The summed E-state index contributed by atoms with van der Waals surface area (Å²) < 4.78 is 0. The van der Waals surface area contributed by atoms with Crippen molar-refractivity contribution in [1.82, 2.24) is 10.2 Å². The van der Waals surface area contributed by atoms with Gasteiger partial charge in [-0.25, -0.2) is 0 Å². The molecule has 20 heavy (non-hydrogen) atoms. The van der Waals surface area contributed by atoms with Crippen LogP contribution < -0.4 is 5.32 Å². The second kappa shape index (κ2) is 6.60. The van der Waals surface area contributed by atoms with E-state index in [0.717, 1.165) is 18.2 Å². The van der Waals surface area contributed by atoms with Crippen LogP contribution in [0.5, 0.6) is 0 Å². The largest absolute Gasteiger partial charge is 0.385 e. The van der Waals surface area contributed by atoms with Crippen molar-refractivity contribution in [2.75, 3.05) is 11.9 Å². The molecule has 1 fully saturated rings. The zero-order valence-electron chi connectivity index (χ0n) is 11.9. The number of nitrogens with one attached hydrogen (secondary N) is 2. The highest BCUT2D eigenvalue weighted by Crippen LogP contribution is 2.24. The van der Waals surface area contributed by atoms with Crippen LogP contribution >= 0.6 is 0 Å². The van der Waals surface area contributed by atoms with E-state index in [4.69, 9.17) is 0 Å². The number of hydrogen-bond acceptors (Lipinski definition) is 2. The van der Waals surface area contributed by atoms with Gasteiger partial charge >= 0.3 is 0 Å². The topological polar surface area (TPSA) is 40.7 Å². The Balaban J connectivity index is 1.55. The standard InChI is InChI=1S/C17H23N3/c1-2-4-6-14(5-3-1)13-18-16-9-7-15(8-10-16)17-11-12-19-20-17/h7-12,14,18H,1-6,13H2,(H,19,20). The first-order valence-corrected chi connectivity index (χ1v) is 7.75. The summed E-state index contributed by atoms with van der Waals surface area (Å²) in [5, 5.41) is 10.6. The average molecular weight is 269 g/mol. The van der Waals surface area contributed by atoms with Crippen LogP contribution in [0.1, 0.15) is 38.5 Å². The number of aromatic nitrogens is 2. The summed E-state index contributed by atoms with van der Waals surface area (Å²) in [6, 6.07) is 10.6. The fourth-order valence-electron chi connectivity index (χ4n) is 3.01. The van der Waals surface area contributed by atoms with Gasteiger partial charge in [-0.15, -0.1) is 0 Å². The molecule has 0 radical (unpaired) electrons. The van der Waals surface area contributed by atoms with Crippen molar-refractivity contribution >= 4 is 5.69 Å². The zero-order valence-corrected chi connectivity index (χ0v) is 11.9. The summed E-state index contributed by atoms with van der Waals surface area (Å²) in [6.07, 6.45) is 10.2. The number of benzene rings is 1. The Hall–Kier alpha value is -1.77. The summed E-state index contributed by atoms with van der Waals surface area (Å²) in [4.78, 5) is 0. The SMILES string of the molecule is c1cc(-c2ccc(NCC3CCCCCC3)cc2)[nH]n1. The molecule has 1 aliphatic carbocycles. The van der Waals surface area contributed by atoms with Crippen molar-refractivity contribution < 1.29 is 0 Å². The van der Waals surface area contributed by atoms with Gasteiger partial charge in [0.1, 0.15) is 0 Å². The summed E-state index contributed by atoms with van der Waals surface area (Å²) in [5.41, 5.74) is 3.47. The predicted octanol–water partition coefficient (Wildman–Crippen LogP) is 4.46. The molecule has 3 nitrogen and oxygen atoms in total. The van der Waals surface area contributed by atoms with E-state index in [1.165, 1.54) is 49.8 Å². The Labute approximate surface area is 120 Å². The summed E-state index contributed by atoms with van der Waals surface area (Å²) in [7, 11) is 0. The number of hydrogen-bond donors (Lipinski definition) is 2. The van der Waals surface area contributed by atoms with E-state index >= 15 is 0 Å². The molecule has 0 spiro atoms. The maximum Gasteiger partial charge on any atom is 0.0650 e. The molecular weight excluding hydrogens is 246 g/mol. The van der Waals surface area contributed by atoms with Gasteiger partial charge in [-0.1, -0.05) is 37.8 Å². The molecule has 1 heterocycles. The Morgan fingerprint density at radius 1 is 1.00 bits per heavy atom. The molecule has 3 heteroatoms. The maximum atomic E-state index is 3.99. The quantitative estimate of drug-likeness (QED) is 0.805. The highest BCUT2D eigenvalue weighted by atomic mass is 15.1. The minimum atomic E-state index is 0.852. The van der Waals surface area contributed by atoms with Crippen molar-refractivity contribution in [1.29, 1.82) is 0 Å². The molecule has 1 aromatic heterocycles. The Morgan fingerprint density at radius 3 is 2.40 bits per heavy atom. The number of nitrogens with zero attached hydrogens (tertiary/aromatic N) is 1. The van der Waals surface area contributed by atoms with Crippen LogP contribution in [0.2, 0.25) is 0 Å². The summed E-state index contributed by atoms with van der Waals surface area (Å²) in [5.74, 6) is 0.852. The zero-order chi connectivity index (χ0) is 13.6. The van der Waals surface area contributed by atoms with Crippen LogP contribution in [0.15, 0.2) is 36.5 Å². The van der Waals surface area contributed by atoms with Gasteiger partial charge in [-0.05, 0) is 42.5 Å². The lowest BCUT2D eigenvalue weighted by Crippen LogP contribution is -2.13. The summed E-state index contributed by atoms with van der Waals surface area (Å²) in [6.45, 7) is 1.11. The minimum absolute atomic E-state index is 0.852. The molecule has 0 bridgehead atoms. The van der Waals surface area contributed by atoms with E-state index in [2.05, 4.69) is 39.8 Å². The highest BCUT2D eigenvalue weighted by Gasteiger charge is 2.11. The van der Waals surface area contributed by atoms with Crippen LogP contribution in [-0.4, -0.2) is 16.7 Å². The lowest BCUT2D eigenvalue weighted by atomic mass is 10.0. The van der Waals surface area contributed by atoms with Crippen molar-refractivity contribution in [2.45, 2.75) is 38.5 Å². The van der Waals surface area contributed by atoms with E-state index in [0.29, 0.717) is 0 Å². The molecule has 0 unspecified atom stereocenters. The highest BCUT2D eigenvalue weighted by molar-refractivity contribution is 5.62. The Bertz CT molecular complexity index is 494. The summed E-state index contributed by atoms with van der Waals surface area (Å²) >= 11 is 0. The molecule has 2 aromatic rings. The second-order valence-corrected chi connectivity index (χ2v) is 5.79. The third kappa shape index (κ3) is 3.41. The van der Waals surface area contributed by atoms with E-state index < -0.39 is 0 Å². The number of aromatic amines is 1. The number of rotatable bonds is 4. The fourth-order valence-corrected chi connectivity index (χ4v) is 3.01. The van der Waals surface area contributed by atoms with Gasteiger partial charge in [0.2, 0.25) is 0 Å². The predicted molar refractivity (Wildman–Crippen MR) is 83.7 cm³/mol. The van der Waals surface area contributed by atoms with Gasteiger partial charge in [0.15, 0.2) is 0 Å². The van der Waals surface area contributed by atoms with Gasteiger partial charge < -0.3 is 5.32 Å². The third-order valence-corrected chi connectivity index (χ3v) is 4.27. The first kappa shape index (κ1) is 13.2. The molecule has 1 aliphatic rings. The van der Waals surface area contributed by atoms with Crippen molar-refractivity contribution in [2.24, 2.45) is 5.92 Å². The molecule has 1 saturated carbocycles. The van der Waals surface area contributed by atoms with Crippen LogP contribution in [0.3, 0.4) is 0 Å². The normalized spacial score (nSPS) is 16.8. The fraction of sp³-hybridized carbons (Fsp3) is 0.471. The molecule has 1 aromatic carbocycles. The van der Waals surface area contributed by atoms with E-state index in [1.807, 2.05) is 6.07 Å². The first-order chi connectivity index (χ1) is 9.92. The number of anilines is 1. The number of H-pyrrole nitrogens is 1. The average Bonchev–Trinajstić information content (AvgIpc) is 2.90. The van der Waals surface area contributed by atoms with E-state index in [1.54, 1.807) is 6.20 Å². The monoisotopic (exact) mass is 269 g/mol. The van der Waals surface area contributed by atoms with Gasteiger partial charge in [0, 0.05) is 18.4 Å². The second-order valence-electron chi connectivity index (χ2n) is 5.79. The van der Waals surface area contributed by atoms with Gasteiger partial charge in [-0.2, -0.15) is 5.10 Å². The first-order valence-electron chi connectivity index (χ1n) is 7.75. The van der Waals surface area contributed by atoms with Crippen LogP contribution in [0.4, 0.5) is 5.69 Å². The molecule has 2 N–H and O–H groups in total. The smallest absolute Gasteiger partial charge is 0.0650 e. The molecule has 0 saturated heterocycles. The van der Waals surface area contributed by atoms with Crippen LogP contribution in [-0.2, 0) is 0 Å². The third-order valence-electron chi connectivity index (χ3n) is 4.27. The molecule has 0 aliphatic heterocycles. The van der Waals surface area contributed by atoms with Gasteiger partial charge in [-0.3, -0.25) is 5.10 Å². The van der Waals surface area contributed by atoms with Crippen molar-refractivity contribution in [3.63, 3.8) is 0 Å². The van der Waals surface area contributed by atoms with Crippen molar-refractivity contribution in [3.05, 3.63) is 36.5 Å². The lowest BCUT2D eigenvalue weighted by Gasteiger charge is -2.15. The minimum Gasteiger partial charge on any atom is -0.385 e. The van der Waals surface area contributed by atoms with Gasteiger partial charge in [0.05, 0.1) is 5.69 Å². The molecular formula is C17H23N3. The Morgan fingerprint density at radius 2 is 1.75 bits per heavy atom. The molecule has 0 amide bonds. The molecule has 106 valence electrons.